The Kier molecular flexibility index (Phi) is 4.84. The largest absolute Gasteiger partial charge is 0.388 e. The minimum atomic E-state index is 0.00218. The van der Waals surface area contributed by atoms with Crippen molar-refractivity contribution in [3.8, 4) is 0 Å². The van der Waals surface area contributed by atoms with Crippen LogP contribution >= 0.6 is 12.2 Å². The molecule has 5 nitrogen and oxygen atoms in total. The van der Waals surface area contributed by atoms with Crippen LogP contribution in [0.4, 0.5) is 5.82 Å². The summed E-state index contributed by atoms with van der Waals surface area (Å²) in [6, 6.07) is 5.46. The number of nitrogens with zero attached hydrogens (tertiary/aromatic N) is 2. The van der Waals surface area contributed by atoms with Crippen molar-refractivity contribution in [1.29, 1.82) is 0 Å². The molecule has 3 N–H and O–H groups in total. The molecule has 0 aromatic carbocycles. The zero-order valence-electron chi connectivity index (χ0n) is 9.93. The Hall–Kier alpha value is -1.69. The minimum Gasteiger partial charge on any atom is -0.388 e. The topological polar surface area (TPSA) is 71.2 Å². The highest BCUT2D eigenvalue weighted by molar-refractivity contribution is 7.80. The maximum atomic E-state index is 11.1. The van der Waals surface area contributed by atoms with Crippen LogP contribution in [0.1, 0.15) is 12.1 Å². The molecule has 0 spiro atoms. The third kappa shape index (κ3) is 3.99. The van der Waals surface area contributed by atoms with E-state index in [2.05, 4.69) is 10.3 Å². The van der Waals surface area contributed by atoms with Gasteiger partial charge in [-0.25, -0.2) is 4.98 Å². The van der Waals surface area contributed by atoms with Crippen LogP contribution < -0.4 is 16.0 Å². The lowest BCUT2D eigenvalue weighted by Gasteiger charge is -2.18. The zero-order chi connectivity index (χ0) is 12.8. The van der Waals surface area contributed by atoms with E-state index < -0.39 is 0 Å². The first-order valence-corrected chi connectivity index (χ1v) is 5.64. The van der Waals surface area contributed by atoms with E-state index in [4.69, 9.17) is 18.0 Å². The monoisotopic (exact) mass is 252 g/mol. The lowest BCUT2D eigenvalue weighted by atomic mass is 10.3. The second kappa shape index (κ2) is 6.15. The summed E-state index contributed by atoms with van der Waals surface area (Å²) in [7, 11) is 3.49. The van der Waals surface area contributed by atoms with Crippen LogP contribution in [-0.4, -0.2) is 36.5 Å². The normalized spacial score (nSPS) is 9.76. The fourth-order valence-electron chi connectivity index (χ4n) is 1.28. The Morgan fingerprint density at radius 3 is 2.88 bits per heavy atom. The van der Waals surface area contributed by atoms with Gasteiger partial charge in [0.25, 0.3) is 0 Å². The van der Waals surface area contributed by atoms with E-state index in [0.29, 0.717) is 18.7 Å². The second-order valence-corrected chi connectivity index (χ2v) is 4.03. The summed E-state index contributed by atoms with van der Waals surface area (Å²) >= 11 is 4.87. The zero-order valence-corrected chi connectivity index (χ0v) is 10.8. The van der Waals surface area contributed by atoms with Crippen LogP contribution in [0.15, 0.2) is 18.2 Å². The summed E-state index contributed by atoms with van der Waals surface area (Å²) in [6.07, 6.45) is 0.423. The molecule has 0 unspecified atom stereocenters. The van der Waals surface area contributed by atoms with E-state index in [9.17, 15) is 4.79 Å². The smallest absolute Gasteiger partial charge is 0.221 e. The van der Waals surface area contributed by atoms with Gasteiger partial charge in [0, 0.05) is 27.1 Å². The first kappa shape index (κ1) is 13.4. The van der Waals surface area contributed by atoms with Crippen LogP contribution in [-0.2, 0) is 4.79 Å². The van der Waals surface area contributed by atoms with Gasteiger partial charge in [-0.1, -0.05) is 18.3 Å². The van der Waals surface area contributed by atoms with E-state index in [1.807, 2.05) is 24.1 Å². The predicted molar refractivity (Wildman–Crippen MR) is 72.1 cm³/mol. The molecule has 0 aliphatic heterocycles. The number of hydrogen-bond donors (Lipinski definition) is 2. The van der Waals surface area contributed by atoms with E-state index in [-0.39, 0.29) is 10.9 Å². The first-order valence-electron chi connectivity index (χ1n) is 5.23. The molecular formula is C11H16N4OS. The van der Waals surface area contributed by atoms with Gasteiger partial charge in [0.15, 0.2) is 0 Å². The average Bonchev–Trinajstić information content (AvgIpc) is 2.35. The van der Waals surface area contributed by atoms with Gasteiger partial charge >= 0.3 is 0 Å². The number of thiocarbonyl (C=S) groups is 1. The van der Waals surface area contributed by atoms with Gasteiger partial charge in [-0.05, 0) is 12.1 Å². The number of anilines is 1. The van der Waals surface area contributed by atoms with Gasteiger partial charge in [0.1, 0.15) is 10.8 Å². The lowest BCUT2D eigenvalue weighted by molar-refractivity contribution is -0.120. The fourth-order valence-corrected chi connectivity index (χ4v) is 1.40. The fraction of sp³-hybridized carbons (Fsp3) is 0.364. The summed E-state index contributed by atoms with van der Waals surface area (Å²) in [4.78, 5) is 17.6. The van der Waals surface area contributed by atoms with E-state index >= 15 is 0 Å². The number of amides is 1. The van der Waals surface area contributed by atoms with E-state index in [0.717, 1.165) is 5.82 Å². The SMILES string of the molecule is CNC(=O)CCN(C)c1cccc(C(N)=S)n1. The number of carbonyl (C=O) groups excluding carboxylic acids is 1. The number of carbonyl (C=O) groups is 1. The van der Waals surface area contributed by atoms with Crippen molar-refractivity contribution in [2.45, 2.75) is 6.42 Å². The van der Waals surface area contributed by atoms with Gasteiger partial charge in [0.2, 0.25) is 5.91 Å². The van der Waals surface area contributed by atoms with Gasteiger partial charge in [-0.2, -0.15) is 0 Å². The quantitative estimate of drug-likeness (QED) is 0.737. The van der Waals surface area contributed by atoms with Gasteiger partial charge in [-0.3, -0.25) is 4.79 Å². The maximum absolute atomic E-state index is 11.1. The van der Waals surface area contributed by atoms with Crippen molar-refractivity contribution < 1.29 is 4.79 Å². The highest BCUT2D eigenvalue weighted by atomic mass is 32.1. The third-order valence-electron chi connectivity index (χ3n) is 2.33. The summed E-state index contributed by atoms with van der Waals surface area (Å²) in [5.74, 6) is 0.751. The number of nitrogens with two attached hydrogens (primary N) is 1. The molecule has 1 heterocycles. The minimum absolute atomic E-state index is 0.00218. The highest BCUT2D eigenvalue weighted by Gasteiger charge is 2.06. The van der Waals surface area contributed by atoms with Crippen LogP contribution in [0.25, 0.3) is 0 Å². The molecule has 0 saturated heterocycles. The molecule has 1 rings (SSSR count). The van der Waals surface area contributed by atoms with Crippen LogP contribution in [0.3, 0.4) is 0 Å². The van der Waals surface area contributed by atoms with Crippen LogP contribution in [0.2, 0.25) is 0 Å². The Bertz CT molecular complexity index is 422. The molecule has 0 aliphatic rings. The molecule has 0 bridgehead atoms. The van der Waals surface area contributed by atoms with Crippen molar-refractivity contribution in [3.63, 3.8) is 0 Å². The number of nitrogens with one attached hydrogen (secondary N) is 1. The number of pyridine rings is 1. The van der Waals surface area contributed by atoms with Gasteiger partial charge in [0.05, 0.1) is 5.69 Å². The first-order chi connectivity index (χ1) is 8.04. The Morgan fingerprint density at radius 2 is 2.29 bits per heavy atom. The molecule has 0 fully saturated rings. The lowest BCUT2D eigenvalue weighted by Crippen LogP contribution is -2.27. The van der Waals surface area contributed by atoms with Gasteiger partial charge in [-0.15, -0.1) is 0 Å². The predicted octanol–water partition coefficient (Wildman–Crippen LogP) is 0.288. The van der Waals surface area contributed by atoms with Crippen molar-refractivity contribution in [2.24, 2.45) is 5.73 Å². The molecule has 1 amide bonds. The summed E-state index contributed by atoms with van der Waals surface area (Å²) in [6.45, 7) is 0.591. The van der Waals surface area contributed by atoms with Crippen molar-refractivity contribution in [2.75, 3.05) is 25.5 Å². The Morgan fingerprint density at radius 1 is 1.59 bits per heavy atom. The average molecular weight is 252 g/mol. The van der Waals surface area contributed by atoms with Crippen molar-refractivity contribution >= 4 is 28.9 Å². The standard InChI is InChI=1S/C11H16N4OS/c1-13-10(16)6-7-15(2)9-5-3-4-8(14-9)11(12)17/h3-5H,6-7H2,1-2H3,(H2,12,17)(H,13,16). The van der Waals surface area contributed by atoms with Crippen LogP contribution in [0.5, 0.6) is 0 Å². The third-order valence-corrected chi connectivity index (χ3v) is 2.54. The van der Waals surface area contributed by atoms with E-state index in [1.165, 1.54) is 0 Å². The Balaban J connectivity index is 2.68. The summed E-state index contributed by atoms with van der Waals surface area (Å²) in [5, 5.41) is 2.57. The molecule has 17 heavy (non-hydrogen) atoms. The molecule has 0 atom stereocenters. The van der Waals surface area contributed by atoms with Gasteiger partial charge < -0.3 is 16.0 Å². The molecule has 0 saturated carbocycles. The molecule has 0 radical (unpaired) electrons. The van der Waals surface area contributed by atoms with Crippen molar-refractivity contribution in [1.82, 2.24) is 10.3 Å². The molecule has 92 valence electrons. The molecular weight excluding hydrogens is 236 g/mol. The number of aromatic nitrogens is 1. The Labute approximate surface area is 106 Å². The summed E-state index contributed by atoms with van der Waals surface area (Å²) < 4.78 is 0. The number of hydrogen-bond acceptors (Lipinski definition) is 4. The van der Waals surface area contributed by atoms with Crippen molar-refractivity contribution in [3.05, 3.63) is 23.9 Å². The molecule has 1 aromatic heterocycles. The molecule has 1 aromatic rings. The highest BCUT2D eigenvalue weighted by Crippen LogP contribution is 2.09. The van der Waals surface area contributed by atoms with Crippen LogP contribution in [0, 0.1) is 0 Å². The maximum Gasteiger partial charge on any atom is 0.221 e. The molecule has 0 aliphatic carbocycles. The summed E-state index contributed by atoms with van der Waals surface area (Å²) in [5.41, 5.74) is 6.10. The van der Waals surface area contributed by atoms with E-state index in [1.54, 1.807) is 13.1 Å². The molecule has 6 heteroatoms. The number of rotatable bonds is 5. The second-order valence-electron chi connectivity index (χ2n) is 3.59.